The number of nitrogens with zero attached hydrogens (tertiary/aromatic N) is 5. The van der Waals surface area contributed by atoms with Gasteiger partial charge in [-0.25, -0.2) is 4.98 Å². The van der Waals surface area contributed by atoms with Crippen molar-refractivity contribution in [2.24, 2.45) is 7.05 Å². The number of H-pyrrole nitrogens is 1. The lowest BCUT2D eigenvalue weighted by molar-refractivity contribution is 0.0948. The number of methoxy groups -OCH3 is 1. The molecule has 5 rings (SSSR count). The first-order chi connectivity index (χ1) is 19.6. The molecule has 10 heteroatoms. The number of hydrogen-bond acceptors (Lipinski definition) is 6. The fourth-order valence-electron chi connectivity index (χ4n) is 6.16. The Hall–Kier alpha value is -3.89. The molecule has 0 spiro atoms. The molecule has 0 aliphatic carbocycles. The average Bonchev–Trinajstić information content (AvgIpc) is 3.56. The second-order valence-corrected chi connectivity index (χ2v) is 11.4. The molecule has 0 radical (unpaired) electrons. The summed E-state index contributed by atoms with van der Waals surface area (Å²) >= 11 is 0. The van der Waals surface area contributed by atoms with Crippen molar-refractivity contribution in [3.05, 3.63) is 75.4 Å². The zero-order valence-electron chi connectivity index (χ0n) is 25.1. The van der Waals surface area contributed by atoms with Crippen molar-refractivity contribution in [1.82, 2.24) is 34.1 Å². The molecule has 10 nitrogen and oxygen atoms in total. The molecule has 1 amide bonds. The standard InChI is InChI=1S/C31H41N7O3/c1-19-12-28(41-7)26(31(40)34-19)15-33-30(39)25-14-24-13-22(27-16-32-18-36(27)6)17-38(24)29(20(25)2)21(3)37-10-8-23(9-11-37)35(4)5/h12-14,16-18,21,23H,8-11,15H2,1-7H3,(H,33,39)(H,34,40). The van der Waals surface area contributed by atoms with Crippen LogP contribution in [0.3, 0.4) is 0 Å². The van der Waals surface area contributed by atoms with Gasteiger partial charge in [-0.1, -0.05) is 0 Å². The molecule has 1 saturated heterocycles. The Kier molecular flexibility index (Phi) is 8.06. The molecule has 4 aromatic rings. The van der Waals surface area contributed by atoms with Crippen LogP contribution in [0, 0.1) is 13.8 Å². The van der Waals surface area contributed by atoms with Crippen LogP contribution in [0.2, 0.25) is 0 Å². The predicted molar refractivity (Wildman–Crippen MR) is 161 cm³/mol. The van der Waals surface area contributed by atoms with E-state index in [4.69, 9.17) is 4.74 Å². The highest BCUT2D eigenvalue weighted by atomic mass is 16.5. The van der Waals surface area contributed by atoms with E-state index in [0.29, 0.717) is 28.6 Å². The molecule has 1 atom stereocenters. The first-order valence-corrected chi connectivity index (χ1v) is 14.2. The maximum Gasteiger partial charge on any atom is 0.256 e. The average molecular weight is 560 g/mol. The minimum Gasteiger partial charge on any atom is -0.496 e. The summed E-state index contributed by atoms with van der Waals surface area (Å²) in [6.45, 7) is 8.11. The van der Waals surface area contributed by atoms with Gasteiger partial charge in [0.2, 0.25) is 0 Å². The molecule has 1 aliphatic rings. The molecule has 218 valence electrons. The molecule has 0 aromatic carbocycles. The molecule has 0 bridgehead atoms. The summed E-state index contributed by atoms with van der Waals surface area (Å²) in [7, 11) is 7.81. The third kappa shape index (κ3) is 5.54. The number of amides is 1. The lowest BCUT2D eigenvalue weighted by Crippen LogP contribution is -2.43. The van der Waals surface area contributed by atoms with E-state index in [1.165, 1.54) is 7.11 Å². The van der Waals surface area contributed by atoms with Crippen molar-refractivity contribution >= 4 is 11.4 Å². The van der Waals surface area contributed by atoms with Gasteiger partial charge in [0, 0.05) is 66.4 Å². The van der Waals surface area contributed by atoms with E-state index < -0.39 is 0 Å². The number of aryl methyl sites for hydroxylation is 2. The van der Waals surface area contributed by atoms with E-state index in [1.54, 1.807) is 19.3 Å². The summed E-state index contributed by atoms with van der Waals surface area (Å²) in [6.07, 6.45) is 8.02. The van der Waals surface area contributed by atoms with Gasteiger partial charge in [-0.3, -0.25) is 14.5 Å². The van der Waals surface area contributed by atoms with Gasteiger partial charge in [0.25, 0.3) is 11.5 Å². The Morgan fingerprint density at radius 1 is 1.22 bits per heavy atom. The Balaban J connectivity index is 1.53. The van der Waals surface area contributed by atoms with Crippen LogP contribution in [0.25, 0.3) is 16.8 Å². The Bertz CT molecular complexity index is 1620. The van der Waals surface area contributed by atoms with Gasteiger partial charge in [0.1, 0.15) is 5.75 Å². The fraction of sp³-hybridized carbons (Fsp3) is 0.452. The van der Waals surface area contributed by atoms with Crippen molar-refractivity contribution in [2.45, 2.75) is 52.2 Å². The highest BCUT2D eigenvalue weighted by molar-refractivity contribution is 5.97. The molecule has 1 unspecified atom stereocenters. The molecule has 2 N–H and O–H groups in total. The number of carbonyl (C=O) groups excluding carboxylic acids is 1. The first kappa shape index (κ1) is 28.6. The monoisotopic (exact) mass is 559 g/mol. The number of imidazole rings is 1. The quantitative estimate of drug-likeness (QED) is 0.342. The molecular weight excluding hydrogens is 518 g/mol. The maximum atomic E-state index is 13.7. The van der Waals surface area contributed by atoms with Gasteiger partial charge in [0.05, 0.1) is 37.4 Å². The van der Waals surface area contributed by atoms with Crippen LogP contribution in [0.5, 0.6) is 5.75 Å². The minimum absolute atomic E-state index is 0.0620. The summed E-state index contributed by atoms with van der Waals surface area (Å²) in [5.41, 5.74) is 6.43. The van der Waals surface area contributed by atoms with E-state index in [0.717, 1.165) is 54.0 Å². The van der Waals surface area contributed by atoms with E-state index in [9.17, 15) is 9.59 Å². The van der Waals surface area contributed by atoms with Crippen LogP contribution < -0.4 is 15.6 Å². The van der Waals surface area contributed by atoms with Crippen LogP contribution in [0.4, 0.5) is 0 Å². The number of likely N-dealkylation sites (tertiary alicyclic amines) is 1. The number of piperidine rings is 1. The number of aromatic nitrogens is 4. The van der Waals surface area contributed by atoms with Crippen LogP contribution in [-0.2, 0) is 13.6 Å². The number of rotatable bonds is 8. The van der Waals surface area contributed by atoms with E-state index in [1.807, 2.05) is 30.8 Å². The number of nitrogens with one attached hydrogen (secondary N) is 2. The zero-order chi connectivity index (χ0) is 29.4. The van der Waals surface area contributed by atoms with E-state index in [-0.39, 0.29) is 24.1 Å². The van der Waals surface area contributed by atoms with Crippen LogP contribution in [0.15, 0.2) is 41.7 Å². The molecule has 41 heavy (non-hydrogen) atoms. The normalized spacial score (nSPS) is 15.5. The van der Waals surface area contributed by atoms with Crippen LogP contribution in [-0.4, -0.2) is 75.0 Å². The zero-order valence-corrected chi connectivity index (χ0v) is 25.1. The number of hydrogen-bond donors (Lipinski definition) is 2. The number of carbonyl (C=O) groups is 1. The Morgan fingerprint density at radius 2 is 1.95 bits per heavy atom. The Labute approximate surface area is 240 Å². The highest BCUT2D eigenvalue weighted by Crippen LogP contribution is 2.33. The smallest absolute Gasteiger partial charge is 0.256 e. The van der Waals surface area contributed by atoms with Crippen molar-refractivity contribution in [2.75, 3.05) is 34.3 Å². The van der Waals surface area contributed by atoms with E-state index >= 15 is 0 Å². The summed E-state index contributed by atoms with van der Waals surface area (Å²) in [6, 6.07) is 6.49. The molecular formula is C31H41N7O3. The molecule has 4 aromatic heterocycles. The minimum atomic E-state index is -0.267. The van der Waals surface area contributed by atoms with Crippen molar-refractivity contribution in [3.63, 3.8) is 0 Å². The van der Waals surface area contributed by atoms with Gasteiger partial charge in [-0.05, 0) is 71.5 Å². The maximum absolute atomic E-state index is 13.7. The largest absolute Gasteiger partial charge is 0.496 e. The lowest BCUT2D eigenvalue weighted by atomic mass is 9.97. The number of pyridine rings is 2. The van der Waals surface area contributed by atoms with Crippen molar-refractivity contribution < 1.29 is 9.53 Å². The number of fused-ring (bicyclic) bond motifs is 1. The molecule has 1 fully saturated rings. The van der Waals surface area contributed by atoms with E-state index in [2.05, 4.69) is 62.8 Å². The van der Waals surface area contributed by atoms with Crippen molar-refractivity contribution in [1.29, 1.82) is 0 Å². The van der Waals surface area contributed by atoms with Gasteiger partial charge in [0.15, 0.2) is 0 Å². The predicted octanol–water partition coefficient (Wildman–Crippen LogP) is 3.67. The second kappa shape index (κ2) is 11.5. The lowest BCUT2D eigenvalue weighted by Gasteiger charge is -2.39. The van der Waals surface area contributed by atoms with Crippen LogP contribution >= 0.6 is 0 Å². The van der Waals surface area contributed by atoms with Crippen molar-refractivity contribution in [3.8, 4) is 17.0 Å². The van der Waals surface area contributed by atoms with Gasteiger partial charge >= 0.3 is 0 Å². The SMILES string of the molecule is COc1cc(C)[nH]c(=O)c1CNC(=O)c1cc2cc(-c3cncn3C)cn2c(C(C)N2CCC(N(C)C)CC2)c1C. The molecule has 5 heterocycles. The fourth-order valence-corrected chi connectivity index (χ4v) is 6.16. The summed E-state index contributed by atoms with van der Waals surface area (Å²) in [5.74, 6) is 0.233. The van der Waals surface area contributed by atoms with Gasteiger partial charge in [-0.2, -0.15) is 0 Å². The Morgan fingerprint density at radius 3 is 2.59 bits per heavy atom. The first-order valence-electron chi connectivity index (χ1n) is 14.2. The molecule has 0 saturated carbocycles. The summed E-state index contributed by atoms with van der Waals surface area (Å²) < 4.78 is 9.65. The summed E-state index contributed by atoms with van der Waals surface area (Å²) in [4.78, 5) is 38.3. The van der Waals surface area contributed by atoms with Crippen LogP contribution in [0.1, 0.15) is 58.7 Å². The summed E-state index contributed by atoms with van der Waals surface area (Å²) in [5, 5.41) is 2.98. The third-order valence-electron chi connectivity index (χ3n) is 8.60. The number of aromatic amines is 1. The second-order valence-electron chi connectivity index (χ2n) is 11.4. The third-order valence-corrected chi connectivity index (χ3v) is 8.60. The van der Waals surface area contributed by atoms with Gasteiger partial charge in [-0.15, -0.1) is 0 Å². The highest BCUT2D eigenvalue weighted by Gasteiger charge is 2.28. The topological polar surface area (TPSA) is 99.9 Å². The number of ether oxygens (including phenoxy) is 1. The molecule has 1 aliphatic heterocycles. The van der Waals surface area contributed by atoms with Gasteiger partial charge < -0.3 is 28.9 Å².